The molecule has 0 heterocycles. The molecule has 4 N–H and O–H groups in total. The van der Waals surface area contributed by atoms with Gasteiger partial charge in [-0.1, -0.05) is 6.92 Å². The molecule has 0 aromatic carbocycles. The fraction of sp³-hybridized carbons (Fsp3) is 0.778. The van der Waals surface area contributed by atoms with Gasteiger partial charge in [0.1, 0.15) is 6.04 Å². The van der Waals surface area contributed by atoms with Crippen LogP contribution in [-0.2, 0) is 9.59 Å². The van der Waals surface area contributed by atoms with Gasteiger partial charge in [-0.15, -0.1) is 0 Å². The van der Waals surface area contributed by atoms with Gasteiger partial charge in [0, 0.05) is 5.92 Å². The Kier molecular flexibility index (Phi) is 5.87. The first-order valence-electron chi connectivity index (χ1n) is 4.72. The average molecular weight is 202 g/mol. The molecule has 0 saturated heterocycles. The number of carbonyl (C=O) groups is 2. The number of hydrogen-bond donors (Lipinski definition) is 3. The van der Waals surface area contributed by atoms with Crippen LogP contribution in [-0.4, -0.2) is 29.6 Å². The first-order chi connectivity index (χ1) is 6.49. The Morgan fingerprint density at radius 3 is 2.43 bits per heavy atom. The van der Waals surface area contributed by atoms with Crippen LogP contribution in [0.15, 0.2) is 0 Å². The van der Waals surface area contributed by atoms with Crippen molar-refractivity contribution in [3.63, 3.8) is 0 Å². The van der Waals surface area contributed by atoms with Crippen LogP contribution < -0.4 is 11.1 Å². The summed E-state index contributed by atoms with van der Waals surface area (Å²) in [6.45, 7) is 3.75. The summed E-state index contributed by atoms with van der Waals surface area (Å²) in [6, 6.07) is -0.831. The zero-order chi connectivity index (χ0) is 11.1. The molecule has 0 aromatic heterocycles. The quantitative estimate of drug-likeness (QED) is 0.563. The lowest BCUT2D eigenvalue weighted by Crippen LogP contribution is -2.41. The Hall–Kier alpha value is -1.10. The molecule has 0 aromatic rings. The van der Waals surface area contributed by atoms with Gasteiger partial charge in [-0.25, -0.2) is 0 Å². The average Bonchev–Trinajstić information content (AvgIpc) is 2.13. The molecule has 1 amide bonds. The SMILES string of the molecule is CC(CCCN)C(=O)N[C@H](C)C(=O)O. The van der Waals surface area contributed by atoms with E-state index in [0.29, 0.717) is 13.0 Å². The third kappa shape index (κ3) is 4.81. The van der Waals surface area contributed by atoms with Gasteiger partial charge < -0.3 is 16.2 Å². The van der Waals surface area contributed by atoms with Gasteiger partial charge in [0.15, 0.2) is 0 Å². The standard InChI is InChI=1S/C9H18N2O3/c1-6(4-3-5-10)8(12)11-7(2)9(13)14/h6-7H,3-5,10H2,1-2H3,(H,11,12)(H,13,14)/t6?,7-/m1/s1. The van der Waals surface area contributed by atoms with Crippen LogP contribution in [0.4, 0.5) is 0 Å². The van der Waals surface area contributed by atoms with E-state index >= 15 is 0 Å². The minimum atomic E-state index is -1.02. The van der Waals surface area contributed by atoms with Gasteiger partial charge in [-0.2, -0.15) is 0 Å². The molecule has 0 rings (SSSR count). The Bertz CT molecular complexity index is 206. The molecule has 14 heavy (non-hydrogen) atoms. The summed E-state index contributed by atoms with van der Waals surface area (Å²) in [5.74, 6) is -1.43. The predicted molar refractivity (Wildman–Crippen MR) is 52.7 cm³/mol. The van der Waals surface area contributed by atoms with Gasteiger partial charge >= 0.3 is 5.97 Å². The fourth-order valence-electron chi connectivity index (χ4n) is 0.973. The molecule has 0 fully saturated rings. The molecule has 0 saturated carbocycles. The van der Waals surface area contributed by atoms with Crippen molar-refractivity contribution in [2.24, 2.45) is 11.7 Å². The first-order valence-corrected chi connectivity index (χ1v) is 4.72. The van der Waals surface area contributed by atoms with Crippen molar-refractivity contribution in [3.8, 4) is 0 Å². The maximum Gasteiger partial charge on any atom is 0.325 e. The molecular formula is C9H18N2O3. The van der Waals surface area contributed by atoms with E-state index in [1.54, 1.807) is 6.92 Å². The van der Waals surface area contributed by atoms with Crippen molar-refractivity contribution in [2.75, 3.05) is 6.54 Å². The van der Waals surface area contributed by atoms with Gasteiger partial charge in [0.2, 0.25) is 5.91 Å². The molecule has 0 aliphatic heterocycles. The van der Waals surface area contributed by atoms with Crippen LogP contribution in [0, 0.1) is 5.92 Å². The van der Waals surface area contributed by atoms with Crippen LogP contribution in [0.25, 0.3) is 0 Å². The molecule has 0 spiro atoms. The Labute approximate surface area is 83.7 Å². The third-order valence-electron chi connectivity index (χ3n) is 2.02. The molecule has 0 aliphatic rings. The highest BCUT2D eigenvalue weighted by atomic mass is 16.4. The summed E-state index contributed by atoms with van der Waals surface area (Å²) >= 11 is 0. The number of aliphatic carboxylic acids is 1. The highest BCUT2D eigenvalue weighted by molar-refractivity contribution is 5.84. The molecule has 82 valence electrons. The maximum absolute atomic E-state index is 11.3. The molecule has 0 aliphatic carbocycles. The minimum absolute atomic E-state index is 0.180. The fourth-order valence-corrected chi connectivity index (χ4v) is 0.973. The van der Waals surface area contributed by atoms with Crippen molar-refractivity contribution in [1.29, 1.82) is 0 Å². The number of amides is 1. The summed E-state index contributed by atoms with van der Waals surface area (Å²) in [6.07, 6.45) is 1.46. The number of hydrogen-bond acceptors (Lipinski definition) is 3. The van der Waals surface area contributed by atoms with E-state index in [0.717, 1.165) is 6.42 Å². The van der Waals surface area contributed by atoms with E-state index in [1.807, 2.05) is 0 Å². The number of carboxylic acid groups (broad SMARTS) is 1. The second kappa shape index (κ2) is 6.37. The second-order valence-electron chi connectivity index (χ2n) is 3.40. The Morgan fingerprint density at radius 2 is 2.00 bits per heavy atom. The Balaban J connectivity index is 3.88. The number of nitrogens with two attached hydrogens (primary N) is 1. The lowest BCUT2D eigenvalue weighted by molar-refractivity contribution is -0.141. The van der Waals surface area contributed by atoms with Gasteiger partial charge in [-0.3, -0.25) is 9.59 Å². The third-order valence-corrected chi connectivity index (χ3v) is 2.02. The molecule has 2 atom stereocenters. The summed E-state index contributed by atoms with van der Waals surface area (Å²) < 4.78 is 0. The minimum Gasteiger partial charge on any atom is -0.480 e. The van der Waals surface area contributed by atoms with E-state index in [1.165, 1.54) is 6.92 Å². The zero-order valence-corrected chi connectivity index (χ0v) is 8.62. The lowest BCUT2D eigenvalue weighted by Gasteiger charge is -2.14. The molecule has 5 nitrogen and oxygen atoms in total. The largest absolute Gasteiger partial charge is 0.480 e. The van der Waals surface area contributed by atoms with E-state index in [4.69, 9.17) is 10.8 Å². The van der Waals surface area contributed by atoms with Crippen molar-refractivity contribution in [2.45, 2.75) is 32.7 Å². The summed E-state index contributed by atoms with van der Waals surface area (Å²) in [5.41, 5.74) is 5.30. The summed E-state index contributed by atoms with van der Waals surface area (Å²) in [4.78, 5) is 21.8. The van der Waals surface area contributed by atoms with E-state index in [-0.39, 0.29) is 11.8 Å². The van der Waals surface area contributed by atoms with E-state index in [9.17, 15) is 9.59 Å². The van der Waals surface area contributed by atoms with Crippen LogP contribution >= 0.6 is 0 Å². The van der Waals surface area contributed by atoms with Gasteiger partial charge in [0.25, 0.3) is 0 Å². The van der Waals surface area contributed by atoms with E-state index in [2.05, 4.69) is 5.32 Å². The van der Waals surface area contributed by atoms with Crippen molar-refractivity contribution in [1.82, 2.24) is 5.32 Å². The van der Waals surface area contributed by atoms with Crippen LogP contribution in [0.5, 0.6) is 0 Å². The molecule has 1 unspecified atom stereocenters. The highest BCUT2D eigenvalue weighted by Crippen LogP contribution is 2.04. The highest BCUT2D eigenvalue weighted by Gasteiger charge is 2.18. The van der Waals surface area contributed by atoms with Crippen LogP contribution in [0.1, 0.15) is 26.7 Å². The monoisotopic (exact) mass is 202 g/mol. The molecular weight excluding hydrogens is 184 g/mol. The number of carboxylic acids is 1. The van der Waals surface area contributed by atoms with Gasteiger partial charge in [-0.05, 0) is 26.3 Å². The van der Waals surface area contributed by atoms with Gasteiger partial charge in [0.05, 0.1) is 0 Å². The first kappa shape index (κ1) is 12.9. The molecule has 0 radical (unpaired) electrons. The van der Waals surface area contributed by atoms with Crippen molar-refractivity contribution in [3.05, 3.63) is 0 Å². The number of carbonyl (C=O) groups excluding carboxylic acids is 1. The topological polar surface area (TPSA) is 92.4 Å². The Morgan fingerprint density at radius 1 is 1.43 bits per heavy atom. The lowest BCUT2D eigenvalue weighted by atomic mass is 10.0. The summed E-state index contributed by atoms with van der Waals surface area (Å²) in [5, 5.41) is 11.0. The predicted octanol–water partition coefficient (Wildman–Crippen LogP) is -0.0493. The van der Waals surface area contributed by atoms with E-state index < -0.39 is 12.0 Å². The summed E-state index contributed by atoms with van der Waals surface area (Å²) in [7, 11) is 0. The smallest absolute Gasteiger partial charge is 0.325 e. The second-order valence-corrected chi connectivity index (χ2v) is 3.40. The van der Waals surface area contributed by atoms with Crippen molar-refractivity contribution < 1.29 is 14.7 Å². The molecule has 5 heteroatoms. The number of rotatable bonds is 6. The van der Waals surface area contributed by atoms with Crippen LogP contribution in [0.2, 0.25) is 0 Å². The normalized spacial score (nSPS) is 14.5. The zero-order valence-electron chi connectivity index (χ0n) is 8.62. The van der Waals surface area contributed by atoms with Crippen LogP contribution in [0.3, 0.4) is 0 Å². The number of nitrogens with one attached hydrogen (secondary N) is 1. The maximum atomic E-state index is 11.3. The van der Waals surface area contributed by atoms with Crippen molar-refractivity contribution >= 4 is 11.9 Å². The molecule has 0 bridgehead atoms.